The van der Waals surface area contributed by atoms with Crippen molar-refractivity contribution in [3.8, 4) is 11.3 Å². The standard InChI is InChI=1S/C21H19FN2O3S2/c1-2-13-29(26,27)18-10-3-15(4-11-18)5-12-20(25)24-21-23-19(14-28-21)16-6-8-17(22)9-7-16/h3-12,14H,2,13H2,1H3,(H,23,24,25)/b12-5+. The van der Waals surface area contributed by atoms with E-state index in [1.165, 1.54) is 29.5 Å². The van der Waals surface area contributed by atoms with E-state index in [1.807, 2.05) is 6.92 Å². The van der Waals surface area contributed by atoms with Crippen LogP contribution in [0.15, 0.2) is 64.9 Å². The van der Waals surface area contributed by atoms with E-state index in [-0.39, 0.29) is 22.4 Å². The molecule has 29 heavy (non-hydrogen) atoms. The number of carbonyl (C=O) groups excluding carboxylic acids is 1. The predicted molar refractivity (Wildman–Crippen MR) is 114 cm³/mol. The molecule has 0 saturated heterocycles. The van der Waals surface area contributed by atoms with Crippen molar-refractivity contribution in [2.24, 2.45) is 0 Å². The van der Waals surface area contributed by atoms with Crippen LogP contribution in [0.3, 0.4) is 0 Å². The van der Waals surface area contributed by atoms with Crippen LogP contribution >= 0.6 is 11.3 Å². The highest BCUT2D eigenvalue weighted by Crippen LogP contribution is 2.25. The number of nitrogens with zero attached hydrogens (tertiary/aromatic N) is 1. The number of thiazole rings is 1. The molecule has 5 nitrogen and oxygen atoms in total. The molecule has 1 aromatic heterocycles. The summed E-state index contributed by atoms with van der Waals surface area (Å²) in [5.74, 6) is -0.565. The van der Waals surface area contributed by atoms with Crippen molar-refractivity contribution < 1.29 is 17.6 Å². The zero-order chi connectivity index (χ0) is 20.9. The van der Waals surface area contributed by atoms with E-state index < -0.39 is 9.84 Å². The lowest BCUT2D eigenvalue weighted by Crippen LogP contribution is -2.07. The largest absolute Gasteiger partial charge is 0.298 e. The van der Waals surface area contributed by atoms with Crippen molar-refractivity contribution >= 4 is 38.3 Å². The summed E-state index contributed by atoms with van der Waals surface area (Å²) in [5.41, 5.74) is 2.12. The van der Waals surface area contributed by atoms with Crippen LogP contribution in [-0.4, -0.2) is 25.1 Å². The quantitative estimate of drug-likeness (QED) is 0.547. The van der Waals surface area contributed by atoms with Gasteiger partial charge in [0.15, 0.2) is 15.0 Å². The average molecular weight is 431 g/mol. The first-order chi connectivity index (χ1) is 13.9. The summed E-state index contributed by atoms with van der Waals surface area (Å²) >= 11 is 1.27. The minimum Gasteiger partial charge on any atom is -0.298 e. The second-order valence-electron chi connectivity index (χ2n) is 6.26. The summed E-state index contributed by atoms with van der Waals surface area (Å²) in [6.07, 6.45) is 3.51. The van der Waals surface area contributed by atoms with E-state index in [1.54, 1.807) is 47.9 Å². The van der Waals surface area contributed by atoms with Gasteiger partial charge in [0.2, 0.25) is 5.91 Å². The third-order valence-electron chi connectivity index (χ3n) is 4.01. The second kappa shape index (κ2) is 9.11. The molecule has 0 aliphatic rings. The van der Waals surface area contributed by atoms with Gasteiger partial charge in [0, 0.05) is 17.0 Å². The molecule has 1 amide bonds. The maximum absolute atomic E-state index is 13.0. The van der Waals surface area contributed by atoms with Gasteiger partial charge in [-0.1, -0.05) is 19.1 Å². The molecule has 1 N–H and O–H groups in total. The van der Waals surface area contributed by atoms with Crippen molar-refractivity contribution in [2.75, 3.05) is 11.1 Å². The lowest BCUT2D eigenvalue weighted by atomic mass is 10.2. The van der Waals surface area contributed by atoms with Crippen molar-refractivity contribution in [1.29, 1.82) is 0 Å². The third-order valence-corrected chi connectivity index (χ3v) is 6.71. The lowest BCUT2D eigenvalue weighted by molar-refractivity contribution is -0.111. The molecule has 0 spiro atoms. The van der Waals surface area contributed by atoms with Gasteiger partial charge in [0.05, 0.1) is 16.3 Å². The molecule has 0 fully saturated rings. The van der Waals surface area contributed by atoms with Gasteiger partial charge in [-0.15, -0.1) is 11.3 Å². The van der Waals surface area contributed by atoms with Gasteiger partial charge in [-0.05, 0) is 54.5 Å². The van der Waals surface area contributed by atoms with Gasteiger partial charge in [0.25, 0.3) is 0 Å². The first-order valence-corrected chi connectivity index (χ1v) is 11.4. The first-order valence-electron chi connectivity index (χ1n) is 8.91. The van der Waals surface area contributed by atoms with Crippen LogP contribution in [0.5, 0.6) is 0 Å². The molecule has 0 unspecified atom stereocenters. The number of carbonyl (C=O) groups is 1. The summed E-state index contributed by atoms with van der Waals surface area (Å²) in [5, 5.41) is 4.89. The van der Waals surface area contributed by atoms with Gasteiger partial charge in [-0.3, -0.25) is 10.1 Å². The Kier molecular flexibility index (Phi) is 6.56. The number of nitrogens with one attached hydrogen (secondary N) is 1. The van der Waals surface area contributed by atoms with Crippen molar-refractivity contribution in [3.05, 3.63) is 71.4 Å². The maximum Gasteiger partial charge on any atom is 0.250 e. The summed E-state index contributed by atoms with van der Waals surface area (Å²) in [7, 11) is -3.25. The summed E-state index contributed by atoms with van der Waals surface area (Å²) < 4.78 is 37.1. The fraction of sp³-hybridized carbons (Fsp3) is 0.143. The van der Waals surface area contributed by atoms with Crippen LogP contribution in [-0.2, 0) is 14.6 Å². The van der Waals surface area contributed by atoms with E-state index in [0.29, 0.717) is 22.8 Å². The molecule has 0 bridgehead atoms. The van der Waals surface area contributed by atoms with E-state index in [2.05, 4.69) is 10.3 Å². The van der Waals surface area contributed by atoms with Crippen LogP contribution in [0.2, 0.25) is 0 Å². The highest BCUT2D eigenvalue weighted by molar-refractivity contribution is 7.91. The molecule has 0 radical (unpaired) electrons. The van der Waals surface area contributed by atoms with Gasteiger partial charge in [-0.2, -0.15) is 0 Å². The minimum atomic E-state index is -3.25. The zero-order valence-electron chi connectivity index (χ0n) is 15.6. The number of rotatable bonds is 7. The number of hydrogen-bond donors (Lipinski definition) is 1. The SMILES string of the molecule is CCCS(=O)(=O)c1ccc(/C=C/C(=O)Nc2nc(-c3ccc(F)cc3)cs2)cc1. The summed E-state index contributed by atoms with van der Waals surface area (Å²) in [4.78, 5) is 16.7. The van der Waals surface area contributed by atoms with Crippen LogP contribution in [0.4, 0.5) is 9.52 Å². The Bertz CT molecular complexity index is 1120. The van der Waals surface area contributed by atoms with Gasteiger partial charge in [-0.25, -0.2) is 17.8 Å². The molecule has 0 aliphatic heterocycles. The van der Waals surface area contributed by atoms with E-state index >= 15 is 0 Å². The van der Waals surface area contributed by atoms with Gasteiger partial charge < -0.3 is 0 Å². The van der Waals surface area contributed by atoms with Crippen LogP contribution in [0.25, 0.3) is 17.3 Å². The number of aromatic nitrogens is 1. The van der Waals surface area contributed by atoms with Crippen LogP contribution < -0.4 is 5.32 Å². The average Bonchev–Trinajstić information content (AvgIpc) is 3.15. The molecule has 2 aromatic carbocycles. The molecule has 0 aliphatic carbocycles. The van der Waals surface area contributed by atoms with E-state index in [9.17, 15) is 17.6 Å². The number of amides is 1. The number of benzene rings is 2. The zero-order valence-corrected chi connectivity index (χ0v) is 17.3. The normalized spacial score (nSPS) is 11.7. The summed E-state index contributed by atoms with van der Waals surface area (Å²) in [6, 6.07) is 12.4. The molecule has 0 atom stereocenters. The number of sulfone groups is 1. The Morgan fingerprint density at radius 2 is 1.83 bits per heavy atom. The number of anilines is 1. The fourth-order valence-corrected chi connectivity index (χ4v) is 4.62. The highest BCUT2D eigenvalue weighted by Gasteiger charge is 2.12. The molecular weight excluding hydrogens is 411 g/mol. The van der Waals surface area contributed by atoms with Crippen LogP contribution in [0.1, 0.15) is 18.9 Å². The fourth-order valence-electron chi connectivity index (χ4n) is 2.58. The van der Waals surface area contributed by atoms with E-state index in [0.717, 1.165) is 5.56 Å². The topological polar surface area (TPSA) is 76.1 Å². The second-order valence-corrected chi connectivity index (χ2v) is 9.22. The van der Waals surface area contributed by atoms with Gasteiger partial charge in [0.1, 0.15) is 5.82 Å². The Balaban J connectivity index is 1.62. The Morgan fingerprint density at radius 3 is 2.48 bits per heavy atom. The maximum atomic E-state index is 13.0. The minimum absolute atomic E-state index is 0.109. The molecule has 3 aromatic rings. The smallest absolute Gasteiger partial charge is 0.250 e. The molecule has 3 rings (SSSR count). The Morgan fingerprint density at radius 1 is 1.14 bits per heavy atom. The number of halogens is 1. The molecule has 0 saturated carbocycles. The number of hydrogen-bond acceptors (Lipinski definition) is 5. The monoisotopic (exact) mass is 430 g/mol. The lowest BCUT2D eigenvalue weighted by Gasteiger charge is -2.03. The third kappa shape index (κ3) is 5.58. The van der Waals surface area contributed by atoms with E-state index in [4.69, 9.17) is 0 Å². The Labute approximate surface area is 172 Å². The van der Waals surface area contributed by atoms with Crippen molar-refractivity contribution in [1.82, 2.24) is 4.98 Å². The summed E-state index contributed by atoms with van der Waals surface area (Å²) in [6.45, 7) is 1.82. The highest BCUT2D eigenvalue weighted by atomic mass is 32.2. The molecular formula is C21H19FN2O3S2. The molecule has 150 valence electrons. The van der Waals surface area contributed by atoms with Crippen LogP contribution in [0, 0.1) is 5.82 Å². The van der Waals surface area contributed by atoms with Crippen molar-refractivity contribution in [2.45, 2.75) is 18.2 Å². The predicted octanol–water partition coefficient (Wildman–Crippen LogP) is 4.78. The van der Waals surface area contributed by atoms with Gasteiger partial charge >= 0.3 is 0 Å². The van der Waals surface area contributed by atoms with Crippen molar-refractivity contribution in [3.63, 3.8) is 0 Å². The molecule has 1 heterocycles. The first kappa shape index (κ1) is 20.9. The molecule has 8 heteroatoms. The Hall–Kier alpha value is -2.84.